The van der Waals surface area contributed by atoms with Gasteiger partial charge in [-0.2, -0.15) is 0 Å². The monoisotopic (exact) mass is 488 g/mol. The number of methoxy groups -OCH3 is 1. The van der Waals surface area contributed by atoms with E-state index < -0.39 is 5.54 Å². The van der Waals surface area contributed by atoms with Gasteiger partial charge in [-0.05, 0) is 92.3 Å². The van der Waals surface area contributed by atoms with E-state index in [1.165, 1.54) is 36.0 Å². The third-order valence-electron chi connectivity index (χ3n) is 9.39. The highest BCUT2D eigenvalue weighted by atomic mass is 32.1. The average Bonchev–Trinajstić information content (AvgIpc) is 3.63. The summed E-state index contributed by atoms with van der Waals surface area (Å²) in [6, 6.07) is 17.1. The molecule has 3 aliphatic carbocycles. The third-order valence-corrected chi connectivity index (χ3v) is 9.68. The molecule has 1 N–H and O–H groups in total. The number of fused-ring (bicyclic) bond motifs is 3. The number of ether oxygens (including phenoxy) is 1. The van der Waals surface area contributed by atoms with Crippen LogP contribution in [-0.4, -0.2) is 29.1 Å². The molecule has 6 rings (SSSR count). The second kappa shape index (κ2) is 8.70. The number of aryl methyl sites for hydroxylation is 1. The molecule has 2 aromatic carbocycles. The number of nitrogens with one attached hydrogen (secondary N) is 1. The van der Waals surface area contributed by atoms with Crippen molar-refractivity contribution in [3.8, 4) is 0 Å². The molecule has 2 atom stereocenters. The lowest BCUT2D eigenvalue weighted by Gasteiger charge is -2.46. The van der Waals surface area contributed by atoms with Crippen LogP contribution in [0.2, 0.25) is 0 Å². The highest BCUT2D eigenvalue weighted by molar-refractivity contribution is 7.80. The standard InChI is InChI=1S/C30H36N2O2S/c1-20(23-6-4-3-5-7-23)32-27(33)30(31-28(32)35)26-18-22(11-10-21-8-9-21)12-13-24(26)19-29(30)16-14-25(34-2)15-17-29/h3-7,12-13,18,20-21,25H,8-11,14-17,19H2,1-2H3,(H,31,35)/t20-,25?,29?,30?/m1/s1. The van der Waals surface area contributed by atoms with E-state index in [2.05, 4.69) is 42.6 Å². The topological polar surface area (TPSA) is 41.6 Å². The van der Waals surface area contributed by atoms with E-state index in [-0.39, 0.29) is 23.5 Å². The molecule has 1 aliphatic heterocycles. The minimum absolute atomic E-state index is 0.113. The molecule has 2 spiro atoms. The molecule has 3 fully saturated rings. The summed E-state index contributed by atoms with van der Waals surface area (Å²) in [6.07, 6.45) is 10.2. The van der Waals surface area contributed by atoms with Gasteiger partial charge in [-0.3, -0.25) is 9.69 Å². The molecule has 0 aromatic heterocycles. The first-order valence-corrected chi connectivity index (χ1v) is 13.7. The molecule has 5 heteroatoms. The van der Waals surface area contributed by atoms with Crippen LogP contribution in [0.1, 0.15) is 80.2 Å². The third kappa shape index (κ3) is 3.65. The molecule has 1 amide bonds. The van der Waals surface area contributed by atoms with E-state index in [4.69, 9.17) is 17.0 Å². The van der Waals surface area contributed by atoms with Gasteiger partial charge in [-0.1, -0.05) is 61.4 Å². The number of benzene rings is 2. The number of carbonyl (C=O) groups excluding carboxylic acids is 1. The average molecular weight is 489 g/mol. The van der Waals surface area contributed by atoms with Crippen LogP contribution in [0.15, 0.2) is 48.5 Å². The van der Waals surface area contributed by atoms with Crippen molar-refractivity contribution < 1.29 is 9.53 Å². The van der Waals surface area contributed by atoms with Gasteiger partial charge in [0.2, 0.25) is 0 Å². The molecule has 1 unspecified atom stereocenters. The molecule has 35 heavy (non-hydrogen) atoms. The van der Waals surface area contributed by atoms with Gasteiger partial charge < -0.3 is 10.1 Å². The van der Waals surface area contributed by atoms with E-state index in [1.807, 2.05) is 30.2 Å². The zero-order valence-electron chi connectivity index (χ0n) is 20.9. The molecule has 1 saturated heterocycles. The number of rotatable bonds is 6. The van der Waals surface area contributed by atoms with Gasteiger partial charge in [0.05, 0.1) is 12.1 Å². The summed E-state index contributed by atoms with van der Waals surface area (Å²) in [7, 11) is 1.81. The fraction of sp³-hybridized carbons (Fsp3) is 0.533. The number of hydrogen-bond donors (Lipinski definition) is 1. The lowest BCUT2D eigenvalue weighted by molar-refractivity contribution is -0.139. The Balaban J connectivity index is 1.42. The van der Waals surface area contributed by atoms with Crippen LogP contribution in [0.5, 0.6) is 0 Å². The number of hydrogen-bond acceptors (Lipinski definition) is 3. The Labute approximate surface area is 214 Å². The summed E-state index contributed by atoms with van der Waals surface area (Å²) >= 11 is 5.93. The second-order valence-corrected chi connectivity index (χ2v) is 11.7. The zero-order chi connectivity index (χ0) is 24.2. The molecule has 4 aliphatic rings. The first-order valence-electron chi connectivity index (χ1n) is 13.3. The van der Waals surface area contributed by atoms with E-state index in [1.54, 1.807) is 0 Å². The van der Waals surface area contributed by atoms with Crippen LogP contribution in [0.4, 0.5) is 0 Å². The smallest absolute Gasteiger partial charge is 0.260 e. The number of amides is 1. The predicted molar refractivity (Wildman–Crippen MR) is 142 cm³/mol. The van der Waals surface area contributed by atoms with Gasteiger partial charge in [0.25, 0.3) is 5.91 Å². The van der Waals surface area contributed by atoms with Gasteiger partial charge in [-0.25, -0.2) is 0 Å². The van der Waals surface area contributed by atoms with Crippen molar-refractivity contribution in [2.45, 2.75) is 82.4 Å². The molecule has 0 radical (unpaired) electrons. The minimum Gasteiger partial charge on any atom is -0.381 e. The van der Waals surface area contributed by atoms with Crippen molar-refractivity contribution in [2.24, 2.45) is 11.3 Å². The van der Waals surface area contributed by atoms with E-state index >= 15 is 0 Å². The van der Waals surface area contributed by atoms with Crippen molar-refractivity contribution in [1.29, 1.82) is 0 Å². The van der Waals surface area contributed by atoms with Crippen LogP contribution < -0.4 is 5.32 Å². The quantitative estimate of drug-likeness (QED) is 0.519. The number of carbonyl (C=O) groups is 1. The van der Waals surface area contributed by atoms with Gasteiger partial charge >= 0.3 is 0 Å². The maximum absolute atomic E-state index is 14.7. The Morgan fingerprint density at radius 2 is 1.86 bits per heavy atom. The van der Waals surface area contributed by atoms with Crippen molar-refractivity contribution in [3.05, 3.63) is 70.8 Å². The zero-order valence-corrected chi connectivity index (χ0v) is 21.7. The summed E-state index contributed by atoms with van der Waals surface area (Å²) in [5.41, 5.74) is 4.00. The Morgan fingerprint density at radius 3 is 2.54 bits per heavy atom. The Kier molecular flexibility index (Phi) is 5.76. The fourth-order valence-corrected chi connectivity index (χ4v) is 7.49. The van der Waals surface area contributed by atoms with E-state index in [0.717, 1.165) is 50.0 Å². The van der Waals surface area contributed by atoms with Crippen molar-refractivity contribution in [1.82, 2.24) is 10.2 Å². The fourth-order valence-electron chi connectivity index (χ4n) is 7.10. The maximum Gasteiger partial charge on any atom is 0.260 e. The SMILES string of the molecule is COC1CCC2(CC1)Cc1ccc(CCC3CC3)cc1C21NC(=S)N([C@H](C)c2ccccc2)C1=O. The Hall–Kier alpha value is -2.24. The van der Waals surface area contributed by atoms with E-state index in [9.17, 15) is 4.79 Å². The molecule has 1 heterocycles. The number of thiocarbonyl (C=S) groups is 1. The van der Waals surface area contributed by atoms with Gasteiger partial charge in [-0.15, -0.1) is 0 Å². The van der Waals surface area contributed by atoms with Crippen LogP contribution in [0, 0.1) is 11.3 Å². The minimum atomic E-state index is -0.781. The molecule has 2 aromatic rings. The molecular weight excluding hydrogens is 452 g/mol. The van der Waals surface area contributed by atoms with Crippen molar-refractivity contribution >= 4 is 23.2 Å². The first kappa shape index (κ1) is 23.2. The predicted octanol–water partition coefficient (Wildman–Crippen LogP) is 5.83. The lowest BCUT2D eigenvalue weighted by Crippen LogP contribution is -2.56. The maximum atomic E-state index is 14.7. The lowest BCUT2D eigenvalue weighted by atomic mass is 9.61. The molecule has 2 saturated carbocycles. The van der Waals surface area contributed by atoms with Gasteiger partial charge in [0.1, 0.15) is 0 Å². The largest absolute Gasteiger partial charge is 0.381 e. The Bertz CT molecular complexity index is 1140. The molecule has 184 valence electrons. The van der Waals surface area contributed by atoms with Crippen LogP contribution >= 0.6 is 12.2 Å². The molecule has 0 bridgehead atoms. The van der Waals surface area contributed by atoms with Crippen LogP contribution in [0.3, 0.4) is 0 Å². The summed E-state index contributed by atoms with van der Waals surface area (Å²) in [4.78, 5) is 16.5. The summed E-state index contributed by atoms with van der Waals surface area (Å²) < 4.78 is 5.73. The number of nitrogens with zero attached hydrogens (tertiary/aromatic N) is 1. The summed E-state index contributed by atoms with van der Waals surface area (Å²) in [5, 5.41) is 4.27. The summed E-state index contributed by atoms with van der Waals surface area (Å²) in [5.74, 6) is 1.03. The first-order chi connectivity index (χ1) is 17.0. The van der Waals surface area contributed by atoms with Crippen molar-refractivity contribution in [2.75, 3.05) is 7.11 Å². The van der Waals surface area contributed by atoms with Gasteiger partial charge in [0, 0.05) is 12.5 Å². The van der Waals surface area contributed by atoms with Crippen LogP contribution in [0.25, 0.3) is 0 Å². The highest BCUT2D eigenvalue weighted by Crippen LogP contribution is 2.60. The molecular formula is C30H36N2O2S. The molecule has 4 nitrogen and oxygen atoms in total. The normalized spacial score (nSPS) is 30.7. The van der Waals surface area contributed by atoms with Gasteiger partial charge in [0.15, 0.2) is 10.7 Å². The highest BCUT2D eigenvalue weighted by Gasteiger charge is 2.67. The Morgan fingerprint density at radius 1 is 1.11 bits per heavy atom. The van der Waals surface area contributed by atoms with E-state index in [0.29, 0.717) is 5.11 Å². The second-order valence-electron chi connectivity index (χ2n) is 11.3. The van der Waals surface area contributed by atoms with Crippen LogP contribution in [-0.2, 0) is 27.9 Å². The van der Waals surface area contributed by atoms with Crippen molar-refractivity contribution in [3.63, 3.8) is 0 Å². The summed E-state index contributed by atoms with van der Waals surface area (Å²) in [6.45, 7) is 2.09.